The number of amides is 3. The first-order chi connectivity index (χ1) is 10.9. The number of halogens is 1. The predicted molar refractivity (Wildman–Crippen MR) is 88.6 cm³/mol. The van der Waals surface area contributed by atoms with Gasteiger partial charge in [0.2, 0.25) is 17.7 Å². The molecule has 3 N–H and O–H groups in total. The van der Waals surface area contributed by atoms with Crippen molar-refractivity contribution >= 4 is 35.2 Å². The van der Waals surface area contributed by atoms with Crippen molar-refractivity contribution in [1.29, 1.82) is 0 Å². The summed E-state index contributed by atoms with van der Waals surface area (Å²) >= 11 is 1.13. The summed E-state index contributed by atoms with van der Waals surface area (Å²) in [5.41, 5.74) is 0.492. The van der Waals surface area contributed by atoms with Crippen molar-refractivity contribution in [3.05, 3.63) is 30.1 Å². The first kappa shape index (κ1) is 19.0. The average molecular weight is 341 g/mol. The number of rotatable bonds is 8. The van der Waals surface area contributed by atoms with Gasteiger partial charge in [0.1, 0.15) is 11.9 Å². The summed E-state index contributed by atoms with van der Waals surface area (Å²) < 4.78 is 12.7. The van der Waals surface area contributed by atoms with Crippen LogP contribution < -0.4 is 16.0 Å². The van der Waals surface area contributed by atoms with Gasteiger partial charge in [-0.25, -0.2) is 4.39 Å². The van der Waals surface area contributed by atoms with Crippen LogP contribution in [0.4, 0.5) is 10.1 Å². The van der Waals surface area contributed by atoms with Gasteiger partial charge in [-0.1, -0.05) is 0 Å². The molecule has 0 aromatic heterocycles. The van der Waals surface area contributed by atoms with E-state index < -0.39 is 6.04 Å². The number of hydrogen-bond donors (Lipinski definition) is 3. The fraction of sp³-hybridized carbons (Fsp3) is 0.400. The molecule has 1 rings (SSSR count). The second-order valence-corrected chi connectivity index (χ2v) is 5.72. The first-order valence-corrected chi connectivity index (χ1v) is 8.28. The zero-order valence-electron chi connectivity index (χ0n) is 13.0. The Morgan fingerprint density at radius 1 is 1.13 bits per heavy atom. The highest BCUT2D eigenvalue weighted by Gasteiger charge is 2.14. The summed E-state index contributed by atoms with van der Waals surface area (Å²) in [7, 11) is 0. The van der Waals surface area contributed by atoms with Crippen molar-refractivity contribution in [2.45, 2.75) is 19.9 Å². The molecule has 6 nitrogen and oxygen atoms in total. The van der Waals surface area contributed by atoms with Gasteiger partial charge in [0, 0.05) is 12.2 Å². The molecular formula is C15H20FN3O3S. The number of thioether (sulfide) groups is 1. The number of carbonyl (C=O) groups is 3. The molecule has 8 heteroatoms. The molecule has 0 fully saturated rings. The van der Waals surface area contributed by atoms with Gasteiger partial charge >= 0.3 is 0 Å². The second-order valence-electron chi connectivity index (χ2n) is 4.73. The van der Waals surface area contributed by atoms with Gasteiger partial charge in [-0.2, -0.15) is 0 Å². The van der Waals surface area contributed by atoms with Crippen LogP contribution in [0.2, 0.25) is 0 Å². The highest BCUT2D eigenvalue weighted by atomic mass is 32.2. The van der Waals surface area contributed by atoms with E-state index in [9.17, 15) is 18.8 Å². The van der Waals surface area contributed by atoms with Gasteiger partial charge in [0.25, 0.3) is 0 Å². The van der Waals surface area contributed by atoms with Gasteiger partial charge in [0.15, 0.2) is 0 Å². The van der Waals surface area contributed by atoms with Crippen LogP contribution in [0.5, 0.6) is 0 Å². The van der Waals surface area contributed by atoms with Crippen molar-refractivity contribution in [2.75, 3.05) is 23.4 Å². The number of anilines is 1. The zero-order valence-corrected chi connectivity index (χ0v) is 13.8. The fourth-order valence-electron chi connectivity index (χ4n) is 1.64. The third-order valence-electron chi connectivity index (χ3n) is 2.72. The van der Waals surface area contributed by atoms with Crippen molar-refractivity contribution in [1.82, 2.24) is 10.6 Å². The Labute approximate surface area is 138 Å². The third kappa shape index (κ3) is 7.64. The maximum Gasteiger partial charge on any atom is 0.242 e. The highest BCUT2D eigenvalue weighted by molar-refractivity contribution is 8.00. The Morgan fingerprint density at radius 3 is 2.35 bits per heavy atom. The molecule has 0 aliphatic heterocycles. The van der Waals surface area contributed by atoms with E-state index in [1.54, 1.807) is 13.8 Å². The molecule has 0 aliphatic rings. The molecular weight excluding hydrogens is 321 g/mol. The Hall–Kier alpha value is -2.09. The maximum atomic E-state index is 12.7. The zero-order chi connectivity index (χ0) is 17.2. The topological polar surface area (TPSA) is 87.3 Å². The molecule has 0 heterocycles. The van der Waals surface area contributed by atoms with E-state index in [4.69, 9.17) is 0 Å². The lowest BCUT2D eigenvalue weighted by molar-refractivity contribution is -0.127. The van der Waals surface area contributed by atoms with Crippen LogP contribution in [0.15, 0.2) is 24.3 Å². The van der Waals surface area contributed by atoms with Crippen LogP contribution in [-0.2, 0) is 14.4 Å². The number of likely N-dealkylation sites (N-methyl/N-ethyl adjacent to an activating group) is 1. The molecule has 1 aromatic rings. The van der Waals surface area contributed by atoms with Gasteiger partial charge in [0.05, 0.1) is 11.5 Å². The predicted octanol–water partition coefficient (Wildman–Crippen LogP) is 1.14. The number of carbonyl (C=O) groups excluding carboxylic acids is 3. The van der Waals surface area contributed by atoms with Crippen LogP contribution in [0.25, 0.3) is 0 Å². The highest BCUT2D eigenvalue weighted by Crippen LogP contribution is 2.09. The van der Waals surface area contributed by atoms with E-state index in [2.05, 4.69) is 16.0 Å². The minimum absolute atomic E-state index is 0.0700. The van der Waals surface area contributed by atoms with E-state index in [1.165, 1.54) is 24.3 Å². The van der Waals surface area contributed by atoms with E-state index in [0.29, 0.717) is 12.2 Å². The third-order valence-corrected chi connectivity index (χ3v) is 3.65. The smallest absolute Gasteiger partial charge is 0.242 e. The Morgan fingerprint density at radius 2 is 1.74 bits per heavy atom. The number of benzene rings is 1. The number of hydrogen-bond acceptors (Lipinski definition) is 4. The monoisotopic (exact) mass is 341 g/mol. The average Bonchev–Trinajstić information content (AvgIpc) is 2.49. The van der Waals surface area contributed by atoms with Gasteiger partial charge in [-0.05, 0) is 38.1 Å². The van der Waals surface area contributed by atoms with E-state index in [1.807, 2.05) is 0 Å². The van der Waals surface area contributed by atoms with Crippen LogP contribution in [0.1, 0.15) is 13.8 Å². The molecule has 0 unspecified atom stereocenters. The molecule has 1 aromatic carbocycles. The van der Waals surface area contributed by atoms with Crippen LogP contribution >= 0.6 is 11.8 Å². The lowest BCUT2D eigenvalue weighted by Crippen LogP contribution is -2.45. The van der Waals surface area contributed by atoms with E-state index in [0.717, 1.165) is 11.8 Å². The maximum absolute atomic E-state index is 12.7. The van der Waals surface area contributed by atoms with Crippen molar-refractivity contribution in [3.8, 4) is 0 Å². The lowest BCUT2D eigenvalue weighted by Gasteiger charge is -2.13. The fourth-order valence-corrected chi connectivity index (χ4v) is 2.27. The summed E-state index contributed by atoms with van der Waals surface area (Å²) in [5.74, 6) is -1.08. The molecule has 0 saturated carbocycles. The summed E-state index contributed by atoms with van der Waals surface area (Å²) in [4.78, 5) is 34.8. The van der Waals surface area contributed by atoms with Gasteiger partial charge in [-0.3, -0.25) is 14.4 Å². The minimum atomic E-state index is -0.615. The Kier molecular flexibility index (Phi) is 8.10. The summed E-state index contributed by atoms with van der Waals surface area (Å²) in [5, 5.41) is 7.75. The standard InChI is InChI=1S/C15H20FN3O3S/c1-3-17-15(22)10(2)18-13(20)8-23-9-14(21)19-12-6-4-11(16)5-7-12/h4-7,10H,3,8-9H2,1-2H3,(H,17,22)(H,18,20)(H,19,21)/t10-/m0/s1. The van der Waals surface area contributed by atoms with E-state index >= 15 is 0 Å². The van der Waals surface area contributed by atoms with Crippen LogP contribution in [0, 0.1) is 5.82 Å². The summed E-state index contributed by atoms with van der Waals surface area (Å²) in [6.07, 6.45) is 0. The van der Waals surface area contributed by atoms with Crippen molar-refractivity contribution in [2.24, 2.45) is 0 Å². The lowest BCUT2D eigenvalue weighted by atomic mass is 10.3. The largest absolute Gasteiger partial charge is 0.355 e. The minimum Gasteiger partial charge on any atom is -0.355 e. The van der Waals surface area contributed by atoms with Crippen molar-refractivity contribution in [3.63, 3.8) is 0 Å². The Balaban J connectivity index is 2.25. The first-order valence-electron chi connectivity index (χ1n) is 7.12. The molecule has 0 saturated heterocycles. The molecule has 0 aliphatic carbocycles. The van der Waals surface area contributed by atoms with Crippen molar-refractivity contribution < 1.29 is 18.8 Å². The summed E-state index contributed by atoms with van der Waals surface area (Å²) in [6, 6.07) is 4.80. The quantitative estimate of drug-likeness (QED) is 0.662. The molecule has 23 heavy (non-hydrogen) atoms. The molecule has 0 bridgehead atoms. The SMILES string of the molecule is CCNC(=O)[C@H](C)NC(=O)CSCC(=O)Nc1ccc(F)cc1. The van der Waals surface area contributed by atoms with Gasteiger partial charge in [-0.15, -0.1) is 11.8 Å². The molecule has 3 amide bonds. The van der Waals surface area contributed by atoms with E-state index in [-0.39, 0.29) is 35.0 Å². The second kappa shape index (κ2) is 9.83. The number of nitrogens with one attached hydrogen (secondary N) is 3. The molecule has 1 atom stereocenters. The molecule has 126 valence electrons. The molecule has 0 radical (unpaired) electrons. The van der Waals surface area contributed by atoms with Gasteiger partial charge < -0.3 is 16.0 Å². The van der Waals surface area contributed by atoms with Crippen LogP contribution in [-0.4, -0.2) is 41.8 Å². The molecule has 0 spiro atoms. The summed E-state index contributed by atoms with van der Waals surface area (Å²) in [6.45, 7) is 3.88. The normalized spacial score (nSPS) is 11.4. The Bertz CT molecular complexity index is 551. The van der Waals surface area contributed by atoms with Crippen LogP contribution in [0.3, 0.4) is 0 Å².